The molecule has 108 valence electrons. The second-order valence-corrected chi connectivity index (χ2v) is 7.73. The van der Waals surface area contributed by atoms with Gasteiger partial charge >= 0.3 is 0 Å². The van der Waals surface area contributed by atoms with E-state index in [1.807, 2.05) is 17.5 Å². The van der Waals surface area contributed by atoms with Gasteiger partial charge in [0.25, 0.3) is 0 Å². The van der Waals surface area contributed by atoms with E-state index in [0.29, 0.717) is 17.8 Å². The van der Waals surface area contributed by atoms with E-state index in [9.17, 15) is 8.42 Å². The normalized spacial score (nSPS) is 11.9. The third-order valence-corrected chi connectivity index (χ3v) is 6.09. The Morgan fingerprint density at radius 3 is 2.70 bits per heavy atom. The van der Waals surface area contributed by atoms with Gasteiger partial charge in [-0.1, -0.05) is 12.1 Å². The standard InChI is InChI=1S/C14H18N2O2S2/c1-11-5-6-12(15)10-14(11)20(17,18)16(2)8-7-13-4-3-9-19-13/h3-6,9-10H,7-8,15H2,1-2H3. The van der Waals surface area contributed by atoms with E-state index >= 15 is 0 Å². The van der Waals surface area contributed by atoms with Gasteiger partial charge < -0.3 is 5.73 Å². The lowest BCUT2D eigenvalue weighted by molar-refractivity contribution is 0.473. The lowest BCUT2D eigenvalue weighted by atomic mass is 10.2. The van der Waals surface area contributed by atoms with Crippen LogP contribution in [0.2, 0.25) is 0 Å². The van der Waals surface area contributed by atoms with Crippen LogP contribution < -0.4 is 5.73 Å². The molecule has 0 amide bonds. The molecule has 0 radical (unpaired) electrons. The predicted molar refractivity (Wildman–Crippen MR) is 83.4 cm³/mol. The highest BCUT2D eigenvalue weighted by atomic mass is 32.2. The van der Waals surface area contributed by atoms with Crippen LogP contribution >= 0.6 is 11.3 Å². The Labute approximate surface area is 123 Å². The molecule has 4 nitrogen and oxygen atoms in total. The van der Waals surface area contributed by atoms with E-state index in [1.165, 1.54) is 15.2 Å². The highest BCUT2D eigenvalue weighted by Gasteiger charge is 2.22. The van der Waals surface area contributed by atoms with Crippen LogP contribution in [0, 0.1) is 6.92 Å². The average molecular weight is 310 g/mol. The van der Waals surface area contributed by atoms with Gasteiger partial charge in [-0.3, -0.25) is 0 Å². The first-order valence-electron chi connectivity index (χ1n) is 6.26. The molecular weight excluding hydrogens is 292 g/mol. The highest BCUT2D eigenvalue weighted by Crippen LogP contribution is 2.22. The van der Waals surface area contributed by atoms with Crippen LogP contribution in [0.4, 0.5) is 5.69 Å². The zero-order valence-electron chi connectivity index (χ0n) is 11.5. The molecule has 0 fully saturated rings. The molecule has 0 unspecified atom stereocenters. The Balaban J connectivity index is 2.18. The van der Waals surface area contributed by atoms with Crippen LogP contribution in [-0.4, -0.2) is 26.3 Å². The summed E-state index contributed by atoms with van der Waals surface area (Å²) < 4.78 is 26.5. The van der Waals surface area contributed by atoms with E-state index < -0.39 is 10.0 Å². The van der Waals surface area contributed by atoms with Crippen LogP contribution in [-0.2, 0) is 16.4 Å². The summed E-state index contributed by atoms with van der Waals surface area (Å²) in [5.74, 6) is 0. The van der Waals surface area contributed by atoms with Gasteiger partial charge in [-0.15, -0.1) is 11.3 Å². The maximum Gasteiger partial charge on any atom is 0.243 e. The van der Waals surface area contributed by atoms with Gasteiger partial charge in [-0.25, -0.2) is 12.7 Å². The van der Waals surface area contributed by atoms with E-state index in [4.69, 9.17) is 5.73 Å². The van der Waals surface area contributed by atoms with Gasteiger partial charge in [0, 0.05) is 24.2 Å². The number of benzene rings is 1. The summed E-state index contributed by atoms with van der Waals surface area (Å²) in [6, 6.07) is 8.94. The summed E-state index contributed by atoms with van der Waals surface area (Å²) in [6.45, 7) is 2.23. The number of nitrogens with zero attached hydrogens (tertiary/aromatic N) is 1. The molecule has 2 rings (SSSR count). The quantitative estimate of drug-likeness (QED) is 0.863. The summed E-state index contributed by atoms with van der Waals surface area (Å²) in [4.78, 5) is 1.46. The molecular formula is C14H18N2O2S2. The Morgan fingerprint density at radius 2 is 2.05 bits per heavy atom. The van der Waals surface area contributed by atoms with Crippen LogP contribution in [0.3, 0.4) is 0 Å². The van der Waals surface area contributed by atoms with Gasteiger partial charge in [-0.05, 0) is 42.5 Å². The molecule has 0 atom stereocenters. The van der Waals surface area contributed by atoms with Crippen molar-refractivity contribution in [1.29, 1.82) is 0 Å². The third-order valence-electron chi connectivity index (χ3n) is 3.15. The smallest absolute Gasteiger partial charge is 0.243 e. The van der Waals surface area contributed by atoms with Crippen molar-refractivity contribution >= 4 is 27.0 Å². The van der Waals surface area contributed by atoms with Crippen LogP contribution in [0.15, 0.2) is 40.6 Å². The van der Waals surface area contributed by atoms with Gasteiger partial charge in [0.05, 0.1) is 4.90 Å². The van der Waals surface area contributed by atoms with Crippen molar-refractivity contribution in [3.63, 3.8) is 0 Å². The van der Waals surface area contributed by atoms with Gasteiger partial charge in [0.2, 0.25) is 10.0 Å². The van der Waals surface area contributed by atoms with Crippen molar-refractivity contribution in [2.45, 2.75) is 18.2 Å². The minimum atomic E-state index is -3.49. The molecule has 0 saturated carbocycles. The Morgan fingerprint density at radius 1 is 1.30 bits per heavy atom. The Bertz CT molecular complexity index is 679. The Kier molecular flexibility index (Phi) is 4.47. The molecule has 0 bridgehead atoms. The summed E-state index contributed by atoms with van der Waals surface area (Å²) >= 11 is 1.64. The van der Waals surface area contributed by atoms with E-state index in [0.717, 1.165) is 6.42 Å². The van der Waals surface area contributed by atoms with Crippen LogP contribution in [0.1, 0.15) is 10.4 Å². The molecule has 0 aliphatic rings. The first kappa shape index (κ1) is 15.0. The van der Waals surface area contributed by atoms with Gasteiger partial charge in [-0.2, -0.15) is 0 Å². The Hall–Kier alpha value is -1.37. The van der Waals surface area contributed by atoms with Crippen molar-refractivity contribution in [2.75, 3.05) is 19.3 Å². The van der Waals surface area contributed by atoms with E-state index in [2.05, 4.69) is 0 Å². The van der Waals surface area contributed by atoms with Crippen molar-refractivity contribution in [2.24, 2.45) is 0 Å². The average Bonchev–Trinajstić information content (AvgIpc) is 2.91. The molecule has 20 heavy (non-hydrogen) atoms. The maximum absolute atomic E-state index is 12.5. The summed E-state index contributed by atoms with van der Waals surface area (Å²) in [7, 11) is -1.88. The number of sulfonamides is 1. The summed E-state index contributed by atoms with van der Waals surface area (Å²) in [5.41, 5.74) is 6.86. The van der Waals surface area contributed by atoms with Crippen molar-refractivity contribution in [3.8, 4) is 0 Å². The maximum atomic E-state index is 12.5. The monoisotopic (exact) mass is 310 g/mol. The zero-order chi connectivity index (χ0) is 14.8. The fraction of sp³-hybridized carbons (Fsp3) is 0.286. The number of hydrogen-bond donors (Lipinski definition) is 1. The first-order chi connectivity index (χ1) is 9.41. The molecule has 1 aromatic heterocycles. The largest absolute Gasteiger partial charge is 0.399 e. The van der Waals surface area contributed by atoms with E-state index in [1.54, 1.807) is 37.4 Å². The van der Waals surface area contributed by atoms with Crippen molar-refractivity contribution in [1.82, 2.24) is 4.31 Å². The fourth-order valence-electron chi connectivity index (χ4n) is 1.91. The SMILES string of the molecule is Cc1ccc(N)cc1S(=O)(=O)N(C)CCc1cccs1. The number of nitrogen functional groups attached to an aromatic ring is 1. The van der Waals surface area contributed by atoms with Crippen LogP contribution in [0.5, 0.6) is 0 Å². The van der Waals surface area contributed by atoms with Gasteiger partial charge in [0.15, 0.2) is 0 Å². The van der Waals surface area contributed by atoms with Crippen molar-refractivity contribution < 1.29 is 8.42 Å². The number of aryl methyl sites for hydroxylation is 1. The first-order valence-corrected chi connectivity index (χ1v) is 8.58. The van der Waals surface area contributed by atoms with E-state index in [-0.39, 0.29) is 4.90 Å². The second-order valence-electron chi connectivity index (χ2n) is 4.68. The highest BCUT2D eigenvalue weighted by molar-refractivity contribution is 7.89. The second kappa shape index (κ2) is 5.95. The topological polar surface area (TPSA) is 63.4 Å². The summed E-state index contributed by atoms with van der Waals surface area (Å²) in [6.07, 6.45) is 0.717. The number of anilines is 1. The predicted octanol–water partition coefficient (Wildman–Crippen LogP) is 2.50. The number of nitrogens with two attached hydrogens (primary N) is 1. The van der Waals surface area contributed by atoms with Crippen molar-refractivity contribution in [3.05, 3.63) is 46.2 Å². The molecule has 0 aliphatic carbocycles. The van der Waals surface area contributed by atoms with Crippen LogP contribution in [0.25, 0.3) is 0 Å². The number of rotatable bonds is 5. The molecule has 6 heteroatoms. The minimum absolute atomic E-state index is 0.283. The lowest BCUT2D eigenvalue weighted by Gasteiger charge is -2.18. The van der Waals surface area contributed by atoms with Gasteiger partial charge in [0.1, 0.15) is 0 Å². The lowest BCUT2D eigenvalue weighted by Crippen LogP contribution is -2.29. The minimum Gasteiger partial charge on any atom is -0.399 e. The number of hydrogen-bond acceptors (Lipinski definition) is 4. The number of likely N-dealkylation sites (N-methyl/N-ethyl adjacent to an activating group) is 1. The molecule has 1 aromatic carbocycles. The molecule has 0 aliphatic heterocycles. The molecule has 0 spiro atoms. The molecule has 1 heterocycles. The molecule has 2 aromatic rings. The molecule has 0 saturated heterocycles. The summed E-state index contributed by atoms with van der Waals surface area (Å²) in [5, 5.41) is 1.99. The molecule has 2 N–H and O–H groups in total. The fourth-order valence-corrected chi connectivity index (χ4v) is 4.03. The number of thiophene rings is 1. The third kappa shape index (κ3) is 3.20. The zero-order valence-corrected chi connectivity index (χ0v) is 13.2.